The van der Waals surface area contributed by atoms with Gasteiger partial charge in [-0.25, -0.2) is 0 Å². The Morgan fingerprint density at radius 3 is 2.94 bits per heavy atom. The van der Waals surface area contributed by atoms with Crippen LogP contribution in [0.15, 0.2) is 16.7 Å². The molecule has 0 aliphatic heterocycles. The van der Waals surface area contributed by atoms with Crippen molar-refractivity contribution in [3.8, 4) is 0 Å². The Morgan fingerprint density at radius 1 is 1.69 bits per heavy atom. The summed E-state index contributed by atoms with van der Waals surface area (Å²) in [6.07, 6.45) is 2.99. The van der Waals surface area contributed by atoms with Crippen LogP contribution in [0.1, 0.15) is 30.3 Å². The van der Waals surface area contributed by atoms with Crippen LogP contribution in [0, 0.1) is 0 Å². The van der Waals surface area contributed by atoms with Gasteiger partial charge in [-0.2, -0.15) is 0 Å². The van der Waals surface area contributed by atoms with Gasteiger partial charge in [0.15, 0.2) is 0 Å². The Kier molecular flexibility index (Phi) is 3.35. The maximum absolute atomic E-state index is 11.9. The van der Waals surface area contributed by atoms with Gasteiger partial charge in [0.25, 0.3) is 5.91 Å². The Labute approximate surface area is 103 Å². The van der Waals surface area contributed by atoms with Gasteiger partial charge in [-0.15, -0.1) is 0 Å². The minimum absolute atomic E-state index is 0.0653. The molecule has 5 heteroatoms. The zero-order valence-corrected chi connectivity index (χ0v) is 10.7. The summed E-state index contributed by atoms with van der Waals surface area (Å²) in [5.41, 5.74) is 0.663. The van der Waals surface area contributed by atoms with Crippen molar-refractivity contribution in [3.05, 3.63) is 22.4 Å². The molecular weight excluding hydrogens is 272 g/mol. The zero-order valence-electron chi connectivity index (χ0n) is 9.11. The molecule has 1 saturated carbocycles. The molecule has 16 heavy (non-hydrogen) atoms. The van der Waals surface area contributed by atoms with Crippen LogP contribution in [0.3, 0.4) is 0 Å². The van der Waals surface area contributed by atoms with Gasteiger partial charge in [0.1, 0.15) is 5.69 Å². The minimum Gasteiger partial charge on any atom is -0.393 e. The third-order valence-corrected chi connectivity index (χ3v) is 3.32. The number of aryl methyl sites for hydroxylation is 1. The lowest BCUT2D eigenvalue weighted by molar-refractivity contribution is 0.0559. The summed E-state index contributed by atoms with van der Waals surface area (Å²) < 4.78 is 2.81. The van der Waals surface area contributed by atoms with Crippen LogP contribution in [-0.4, -0.2) is 27.7 Å². The van der Waals surface area contributed by atoms with Gasteiger partial charge in [-0.1, -0.05) is 0 Å². The molecule has 1 fully saturated rings. The molecule has 1 amide bonds. The number of aliphatic hydroxyl groups is 1. The van der Waals surface area contributed by atoms with Crippen LogP contribution in [-0.2, 0) is 6.54 Å². The van der Waals surface area contributed by atoms with Crippen molar-refractivity contribution in [3.63, 3.8) is 0 Å². The summed E-state index contributed by atoms with van der Waals surface area (Å²) in [6, 6.07) is 1.94. The number of aromatic nitrogens is 1. The van der Waals surface area contributed by atoms with Gasteiger partial charge in [0.05, 0.1) is 6.10 Å². The number of carbonyl (C=O) groups excluding carboxylic acids is 1. The molecule has 2 rings (SSSR count). The third kappa shape index (κ3) is 2.30. The predicted molar refractivity (Wildman–Crippen MR) is 64.3 cm³/mol. The molecule has 0 radical (unpaired) electrons. The topological polar surface area (TPSA) is 54.3 Å². The highest BCUT2D eigenvalue weighted by Crippen LogP contribution is 2.21. The van der Waals surface area contributed by atoms with Crippen molar-refractivity contribution in [2.24, 2.45) is 0 Å². The smallest absolute Gasteiger partial charge is 0.268 e. The van der Waals surface area contributed by atoms with Gasteiger partial charge in [0, 0.05) is 23.3 Å². The summed E-state index contributed by atoms with van der Waals surface area (Å²) in [7, 11) is 0. The fraction of sp³-hybridized carbons (Fsp3) is 0.545. The molecule has 0 spiro atoms. The van der Waals surface area contributed by atoms with E-state index in [4.69, 9.17) is 5.11 Å². The second-order valence-electron chi connectivity index (χ2n) is 4.13. The van der Waals surface area contributed by atoms with Crippen molar-refractivity contribution in [1.29, 1.82) is 0 Å². The standard InChI is InChI=1S/C11H15BrN2O2/c1-2-14-6-7(12)3-10(14)11(16)13-8-4-9(15)5-8/h3,6,8-9,15H,2,4-5H2,1H3,(H,13,16). The molecular formula is C11H15BrN2O2. The van der Waals surface area contributed by atoms with E-state index in [1.54, 1.807) is 0 Å². The van der Waals surface area contributed by atoms with E-state index in [0.717, 1.165) is 11.0 Å². The Morgan fingerprint density at radius 2 is 2.38 bits per heavy atom. The van der Waals surface area contributed by atoms with E-state index in [1.807, 2.05) is 23.8 Å². The summed E-state index contributed by atoms with van der Waals surface area (Å²) >= 11 is 3.36. The molecule has 2 N–H and O–H groups in total. The van der Waals surface area contributed by atoms with Crippen LogP contribution in [0.5, 0.6) is 0 Å². The fourth-order valence-corrected chi connectivity index (χ4v) is 2.36. The molecule has 1 aliphatic carbocycles. The number of halogens is 1. The number of rotatable bonds is 3. The maximum atomic E-state index is 11.9. The lowest BCUT2D eigenvalue weighted by atomic mass is 9.89. The molecule has 88 valence electrons. The summed E-state index contributed by atoms with van der Waals surface area (Å²) in [5.74, 6) is -0.0653. The van der Waals surface area contributed by atoms with Gasteiger partial charge in [-0.3, -0.25) is 4.79 Å². The van der Waals surface area contributed by atoms with Crippen LogP contribution < -0.4 is 5.32 Å². The van der Waals surface area contributed by atoms with E-state index in [9.17, 15) is 4.79 Å². The number of carbonyl (C=O) groups is 1. The molecule has 1 aliphatic rings. The second-order valence-corrected chi connectivity index (χ2v) is 5.04. The van der Waals surface area contributed by atoms with Gasteiger partial charge < -0.3 is 15.0 Å². The summed E-state index contributed by atoms with van der Waals surface area (Å²) in [5, 5.41) is 12.1. The number of hydrogen-bond donors (Lipinski definition) is 2. The molecule has 0 aromatic carbocycles. The molecule has 0 bridgehead atoms. The SMILES string of the molecule is CCn1cc(Br)cc1C(=O)NC1CC(O)C1. The number of aliphatic hydroxyl groups excluding tert-OH is 1. The van der Waals surface area contributed by atoms with Gasteiger partial charge in [0.2, 0.25) is 0 Å². The van der Waals surface area contributed by atoms with E-state index in [0.29, 0.717) is 18.5 Å². The number of amides is 1. The van der Waals surface area contributed by atoms with Crippen molar-refractivity contribution < 1.29 is 9.90 Å². The van der Waals surface area contributed by atoms with Crippen molar-refractivity contribution in [2.45, 2.75) is 38.5 Å². The van der Waals surface area contributed by atoms with Crippen LogP contribution >= 0.6 is 15.9 Å². The quantitative estimate of drug-likeness (QED) is 0.885. The molecule has 4 nitrogen and oxygen atoms in total. The first-order valence-corrected chi connectivity index (χ1v) is 6.24. The van der Waals surface area contributed by atoms with Crippen LogP contribution in [0.25, 0.3) is 0 Å². The minimum atomic E-state index is -0.241. The Balaban J connectivity index is 2.02. The molecule has 0 atom stereocenters. The monoisotopic (exact) mass is 286 g/mol. The third-order valence-electron chi connectivity index (χ3n) is 2.88. The number of nitrogens with one attached hydrogen (secondary N) is 1. The number of nitrogens with zero attached hydrogens (tertiary/aromatic N) is 1. The lowest BCUT2D eigenvalue weighted by Crippen LogP contribution is -2.47. The summed E-state index contributed by atoms with van der Waals surface area (Å²) in [4.78, 5) is 11.9. The van der Waals surface area contributed by atoms with Crippen LogP contribution in [0.2, 0.25) is 0 Å². The maximum Gasteiger partial charge on any atom is 0.268 e. The Hall–Kier alpha value is -0.810. The van der Waals surface area contributed by atoms with Crippen LogP contribution in [0.4, 0.5) is 0 Å². The van der Waals surface area contributed by atoms with Crippen molar-refractivity contribution in [2.75, 3.05) is 0 Å². The van der Waals surface area contributed by atoms with E-state index < -0.39 is 0 Å². The van der Waals surface area contributed by atoms with E-state index in [-0.39, 0.29) is 18.1 Å². The van der Waals surface area contributed by atoms with Crippen molar-refractivity contribution >= 4 is 21.8 Å². The molecule has 1 heterocycles. The second kappa shape index (κ2) is 4.59. The lowest BCUT2D eigenvalue weighted by Gasteiger charge is -2.31. The first kappa shape index (κ1) is 11.7. The molecule has 1 aromatic rings. The Bertz CT molecular complexity index is 397. The highest BCUT2D eigenvalue weighted by atomic mass is 79.9. The van der Waals surface area contributed by atoms with E-state index >= 15 is 0 Å². The first-order chi connectivity index (χ1) is 7.60. The van der Waals surface area contributed by atoms with Gasteiger partial charge >= 0.3 is 0 Å². The highest BCUT2D eigenvalue weighted by molar-refractivity contribution is 9.10. The predicted octanol–water partition coefficient (Wildman–Crippen LogP) is 1.52. The normalized spacial score (nSPS) is 23.9. The van der Waals surface area contributed by atoms with E-state index in [1.165, 1.54) is 0 Å². The largest absolute Gasteiger partial charge is 0.393 e. The fourth-order valence-electron chi connectivity index (χ4n) is 1.89. The van der Waals surface area contributed by atoms with E-state index in [2.05, 4.69) is 21.2 Å². The highest BCUT2D eigenvalue weighted by Gasteiger charge is 2.29. The van der Waals surface area contributed by atoms with Crippen molar-refractivity contribution in [1.82, 2.24) is 9.88 Å². The number of hydrogen-bond acceptors (Lipinski definition) is 2. The molecule has 0 saturated heterocycles. The molecule has 1 aromatic heterocycles. The average molecular weight is 287 g/mol. The molecule has 0 unspecified atom stereocenters. The van der Waals surface area contributed by atoms with Gasteiger partial charge in [-0.05, 0) is 41.8 Å². The summed E-state index contributed by atoms with van der Waals surface area (Å²) in [6.45, 7) is 2.76. The average Bonchev–Trinajstić information content (AvgIpc) is 2.57. The zero-order chi connectivity index (χ0) is 11.7. The first-order valence-electron chi connectivity index (χ1n) is 5.44.